The van der Waals surface area contributed by atoms with E-state index in [-0.39, 0.29) is 43.0 Å². The zero-order valence-corrected chi connectivity index (χ0v) is 18.0. The maximum Gasteiger partial charge on any atom is 0.327 e. The van der Waals surface area contributed by atoms with Crippen LogP contribution in [0.3, 0.4) is 0 Å². The maximum atomic E-state index is 12.6. The Morgan fingerprint density at radius 1 is 1.25 bits per heavy atom. The molecule has 1 aromatic rings. The van der Waals surface area contributed by atoms with Gasteiger partial charge in [-0.25, -0.2) is 4.79 Å². The second-order valence-corrected chi connectivity index (χ2v) is 8.68. The lowest BCUT2D eigenvalue weighted by molar-refractivity contribution is -0.132. The van der Waals surface area contributed by atoms with E-state index >= 15 is 0 Å². The van der Waals surface area contributed by atoms with Gasteiger partial charge in [0.15, 0.2) is 0 Å². The van der Waals surface area contributed by atoms with Crippen LogP contribution in [0.2, 0.25) is 0 Å². The second-order valence-electron chi connectivity index (χ2n) is 8.68. The number of urea groups is 1. The summed E-state index contributed by atoms with van der Waals surface area (Å²) in [5.74, 6) is 0.457. The van der Waals surface area contributed by atoms with E-state index < -0.39 is 6.10 Å². The van der Waals surface area contributed by atoms with Gasteiger partial charge in [-0.1, -0.05) is 39.8 Å². The first kappa shape index (κ1) is 22.2. The molecule has 1 aliphatic rings. The van der Waals surface area contributed by atoms with Crippen molar-refractivity contribution in [1.82, 2.24) is 9.80 Å². The number of benzene rings is 1. The Hall–Kier alpha value is -2.08. The Balaban J connectivity index is 1.97. The van der Waals surface area contributed by atoms with Crippen molar-refractivity contribution in [3.8, 4) is 5.75 Å². The predicted molar refractivity (Wildman–Crippen MR) is 110 cm³/mol. The minimum Gasteiger partial charge on any atom is -0.491 e. The molecular weight excluding hydrogens is 356 g/mol. The van der Waals surface area contributed by atoms with Crippen LogP contribution in [0.4, 0.5) is 4.79 Å². The summed E-state index contributed by atoms with van der Waals surface area (Å²) < 4.78 is 5.76. The molecule has 6 nitrogen and oxygen atoms in total. The summed E-state index contributed by atoms with van der Waals surface area (Å²) in [6.45, 7) is 12.8. The van der Waals surface area contributed by atoms with Gasteiger partial charge in [0.05, 0.1) is 6.54 Å². The predicted octanol–water partition coefficient (Wildman–Crippen LogP) is 3.49. The van der Waals surface area contributed by atoms with Gasteiger partial charge in [0.2, 0.25) is 5.91 Å². The highest BCUT2D eigenvalue weighted by Crippen LogP contribution is 2.27. The molecule has 3 amide bonds. The summed E-state index contributed by atoms with van der Waals surface area (Å²) in [4.78, 5) is 27.6. The molecule has 0 spiro atoms. The molecule has 1 heterocycles. The zero-order valence-electron chi connectivity index (χ0n) is 18.0. The minimum absolute atomic E-state index is 0.0239. The molecule has 1 fully saturated rings. The van der Waals surface area contributed by atoms with E-state index in [1.54, 1.807) is 4.90 Å². The van der Waals surface area contributed by atoms with E-state index in [9.17, 15) is 14.7 Å². The highest BCUT2D eigenvalue weighted by Gasteiger charge is 2.35. The van der Waals surface area contributed by atoms with E-state index in [2.05, 4.69) is 26.8 Å². The van der Waals surface area contributed by atoms with Crippen molar-refractivity contribution in [3.05, 3.63) is 29.3 Å². The number of aryl methyl sites for hydroxylation is 1. The van der Waals surface area contributed by atoms with E-state index in [1.807, 2.05) is 32.9 Å². The third-order valence-electron chi connectivity index (χ3n) is 5.33. The Bertz CT molecular complexity index is 711. The van der Waals surface area contributed by atoms with E-state index in [0.29, 0.717) is 12.3 Å². The number of aliphatic hydroxyl groups excluding tert-OH is 1. The third-order valence-corrected chi connectivity index (χ3v) is 5.33. The monoisotopic (exact) mass is 390 g/mol. The van der Waals surface area contributed by atoms with Crippen molar-refractivity contribution < 1.29 is 19.4 Å². The summed E-state index contributed by atoms with van der Waals surface area (Å²) in [5.41, 5.74) is 2.26. The lowest BCUT2D eigenvalue weighted by Gasteiger charge is -2.38. The maximum absolute atomic E-state index is 12.6. The summed E-state index contributed by atoms with van der Waals surface area (Å²) >= 11 is 0. The van der Waals surface area contributed by atoms with Crippen LogP contribution < -0.4 is 4.74 Å². The summed E-state index contributed by atoms with van der Waals surface area (Å²) in [6.07, 6.45) is 0.173. The quantitative estimate of drug-likeness (QED) is 0.774. The number of β-amino-alcohol motifs (C(OH)–C–C–N with tert-alkyl or cyclic N) is 1. The molecule has 0 aliphatic carbocycles. The standard InChI is InChI=1S/C22H34N2O4/c1-7-16(3)23-11-10-20(26)24(21(23)27)13-18(25)14-28-19-9-8-17(12-15(19)2)22(4,5)6/h8-9,12,16,18,25H,7,10-11,13-14H2,1-6H3/t16-,18+/m1/s1. The first-order valence-corrected chi connectivity index (χ1v) is 10.1. The van der Waals surface area contributed by atoms with Crippen LogP contribution in [0, 0.1) is 6.92 Å². The number of hydrogen-bond donors (Lipinski definition) is 1. The number of ether oxygens (including phenoxy) is 1. The van der Waals surface area contributed by atoms with Gasteiger partial charge >= 0.3 is 6.03 Å². The number of hydrogen-bond acceptors (Lipinski definition) is 4. The first-order valence-electron chi connectivity index (χ1n) is 10.1. The average molecular weight is 391 g/mol. The Kier molecular flexibility index (Phi) is 7.10. The number of carbonyl (C=O) groups is 2. The fraction of sp³-hybridized carbons (Fsp3) is 0.636. The van der Waals surface area contributed by atoms with Crippen LogP contribution in [-0.4, -0.2) is 58.7 Å². The van der Waals surface area contributed by atoms with Crippen LogP contribution in [0.15, 0.2) is 18.2 Å². The Morgan fingerprint density at radius 2 is 1.93 bits per heavy atom. The molecule has 0 radical (unpaired) electrons. The van der Waals surface area contributed by atoms with Gasteiger partial charge < -0.3 is 14.7 Å². The fourth-order valence-corrected chi connectivity index (χ4v) is 3.24. The number of aliphatic hydroxyl groups is 1. The highest BCUT2D eigenvalue weighted by atomic mass is 16.5. The Morgan fingerprint density at radius 3 is 2.50 bits per heavy atom. The van der Waals surface area contributed by atoms with Crippen LogP contribution in [0.5, 0.6) is 5.75 Å². The zero-order chi connectivity index (χ0) is 21.1. The lowest BCUT2D eigenvalue weighted by atomic mass is 9.86. The van der Waals surface area contributed by atoms with Gasteiger partial charge in [-0.3, -0.25) is 9.69 Å². The van der Waals surface area contributed by atoms with Crippen molar-refractivity contribution >= 4 is 11.9 Å². The van der Waals surface area contributed by atoms with Gasteiger partial charge in [-0.15, -0.1) is 0 Å². The molecule has 1 N–H and O–H groups in total. The molecular formula is C22H34N2O4. The molecule has 0 saturated carbocycles. The minimum atomic E-state index is -0.938. The molecule has 1 aliphatic heterocycles. The van der Waals surface area contributed by atoms with Crippen molar-refractivity contribution in [1.29, 1.82) is 0 Å². The molecule has 2 rings (SSSR count). The number of nitrogens with zero attached hydrogens (tertiary/aromatic N) is 2. The van der Waals surface area contributed by atoms with Gasteiger partial charge in [-0.05, 0) is 42.9 Å². The molecule has 6 heteroatoms. The number of imide groups is 1. The molecule has 0 unspecified atom stereocenters. The lowest BCUT2D eigenvalue weighted by Crippen LogP contribution is -2.56. The van der Waals surface area contributed by atoms with E-state index in [1.165, 1.54) is 5.56 Å². The average Bonchev–Trinajstić information content (AvgIpc) is 2.62. The van der Waals surface area contributed by atoms with Crippen molar-refractivity contribution in [2.45, 2.75) is 71.9 Å². The topological polar surface area (TPSA) is 70.1 Å². The molecule has 0 bridgehead atoms. The molecule has 1 aromatic carbocycles. The van der Waals surface area contributed by atoms with Crippen molar-refractivity contribution in [3.63, 3.8) is 0 Å². The normalized spacial score (nSPS) is 17.7. The van der Waals surface area contributed by atoms with Crippen molar-refractivity contribution in [2.75, 3.05) is 19.7 Å². The summed E-state index contributed by atoms with van der Waals surface area (Å²) in [6, 6.07) is 5.76. The largest absolute Gasteiger partial charge is 0.491 e. The molecule has 156 valence electrons. The number of rotatable bonds is 7. The van der Waals surface area contributed by atoms with E-state index in [4.69, 9.17) is 4.74 Å². The van der Waals surface area contributed by atoms with Gasteiger partial charge in [-0.2, -0.15) is 0 Å². The van der Waals surface area contributed by atoms with E-state index in [0.717, 1.165) is 16.9 Å². The SMILES string of the molecule is CC[C@@H](C)N1CCC(=O)N(C[C@H](O)COc2ccc(C(C)(C)C)cc2C)C1=O. The van der Waals surface area contributed by atoms with Gasteiger partial charge in [0.25, 0.3) is 0 Å². The molecule has 28 heavy (non-hydrogen) atoms. The number of amides is 3. The summed E-state index contributed by atoms with van der Waals surface area (Å²) in [7, 11) is 0. The van der Waals surface area contributed by atoms with Crippen LogP contribution >= 0.6 is 0 Å². The smallest absolute Gasteiger partial charge is 0.327 e. The number of carbonyl (C=O) groups excluding carboxylic acids is 2. The van der Waals surface area contributed by atoms with Crippen molar-refractivity contribution in [2.24, 2.45) is 0 Å². The molecule has 0 aromatic heterocycles. The van der Waals surface area contributed by atoms with Crippen LogP contribution in [0.1, 0.15) is 58.6 Å². The molecule has 1 saturated heterocycles. The fourth-order valence-electron chi connectivity index (χ4n) is 3.24. The van der Waals surface area contributed by atoms with Crippen LogP contribution in [-0.2, 0) is 10.2 Å². The van der Waals surface area contributed by atoms with Gasteiger partial charge in [0, 0.05) is 19.0 Å². The van der Waals surface area contributed by atoms with Gasteiger partial charge in [0.1, 0.15) is 18.5 Å². The first-order chi connectivity index (χ1) is 13.0. The van der Waals surface area contributed by atoms with Crippen LogP contribution in [0.25, 0.3) is 0 Å². The molecule has 2 atom stereocenters. The highest BCUT2D eigenvalue weighted by molar-refractivity contribution is 5.97. The third kappa shape index (κ3) is 5.25. The second kappa shape index (κ2) is 8.95. The Labute approximate surface area is 168 Å². The summed E-state index contributed by atoms with van der Waals surface area (Å²) in [5, 5.41) is 10.4.